The summed E-state index contributed by atoms with van der Waals surface area (Å²) in [6.07, 6.45) is 0.263. The maximum Gasteiger partial charge on any atom is 0.312 e. The lowest BCUT2D eigenvalue weighted by Crippen LogP contribution is -2.56. The molecule has 30 heavy (non-hydrogen) atoms. The van der Waals surface area contributed by atoms with Gasteiger partial charge in [0, 0.05) is 19.5 Å². The molecule has 0 bridgehead atoms. The van der Waals surface area contributed by atoms with Crippen LogP contribution in [0.1, 0.15) is 54.3 Å². The number of nitrogens with zero attached hydrogens (tertiary/aromatic N) is 3. The summed E-state index contributed by atoms with van der Waals surface area (Å²) in [4.78, 5) is 66.3. The largest absolute Gasteiger partial charge is 0.460 e. The van der Waals surface area contributed by atoms with E-state index in [0.717, 1.165) is 4.90 Å². The van der Waals surface area contributed by atoms with Crippen molar-refractivity contribution in [1.82, 2.24) is 14.9 Å². The molecule has 3 aliphatic rings. The van der Waals surface area contributed by atoms with Gasteiger partial charge in [-0.3, -0.25) is 33.9 Å². The average Bonchev–Trinajstić information content (AvgIpc) is 3.23. The highest BCUT2D eigenvalue weighted by atomic mass is 16.6. The Kier molecular flexibility index (Phi) is 4.63. The van der Waals surface area contributed by atoms with Gasteiger partial charge in [0.05, 0.1) is 17.0 Å². The van der Waals surface area contributed by atoms with Crippen molar-refractivity contribution in [3.63, 3.8) is 0 Å². The number of carbonyl (C=O) groups excluding carboxylic acids is 5. The molecule has 9 nitrogen and oxygen atoms in total. The van der Waals surface area contributed by atoms with Gasteiger partial charge in [0.15, 0.2) is 0 Å². The number of imide groups is 1. The molecule has 2 fully saturated rings. The monoisotopic (exact) mass is 413 g/mol. The van der Waals surface area contributed by atoms with Crippen LogP contribution in [0.25, 0.3) is 0 Å². The zero-order valence-electron chi connectivity index (χ0n) is 17.1. The number of hydrogen-bond donors (Lipinski definition) is 0. The molecule has 2 atom stereocenters. The van der Waals surface area contributed by atoms with Crippen molar-refractivity contribution in [1.29, 1.82) is 0 Å². The van der Waals surface area contributed by atoms with E-state index < -0.39 is 47.2 Å². The predicted molar refractivity (Wildman–Crippen MR) is 103 cm³/mol. The lowest BCUT2D eigenvalue weighted by atomic mass is 9.93. The van der Waals surface area contributed by atoms with Crippen molar-refractivity contribution in [2.24, 2.45) is 5.92 Å². The first-order chi connectivity index (χ1) is 14.1. The molecule has 9 heteroatoms. The second kappa shape index (κ2) is 6.93. The number of benzene rings is 1. The fraction of sp³-hybridized carbons (Fsp3) is 0.476. The van der Waals surface area contributed by atoms with Crippen LogP contribution >= 0.6 is 0 Å². The Hall–Kier alpha value is -3.23. The molecule has 0 saturated carbocycles. The third kappa shape index (κ3) is 3.14. The molecule has 158 valence electrons. The Morgan fingerprint density at radius 2 is 1.53 bits per heavy atom. The zero-order chi connectivity index (χ0) is 21.8. The highest BCUT2D eigenvalue weighted by Gasteiger charge is 2.54. The van der Waals surface area contributed by atoms with Crippen LogP contribution in [-0.2, 0) is 19.1 Å². The molecular formula is C21H23N3O6. The highest BCUT2D eigenvalue weighted by molar-refractivity contribution is 6.23. The van der Waals surface area contributed by atoms with Crippen LogP contribution < -0.4 is 0 Å². The van der Waals surface area contributed by atoms with Gasteiger partial charge in [-0.05, 0) is 39.3 Å². The summed E-state index contributed by atoms with van der Waals surface area (Å²) in [6.45, 7) is 5.64. The van der Waals surface area contributed by atoms with Crippen molar-refractivity contribution in [3.05, 3.63) is 35.4 Å². The van der Waals surface area contributed by atoms with Crippen molar-refractivity contribution < 1.29 is 28.7 Å². The Morgan fingerprint density at radius 3 is 2.10 bits per heavy atom. The van der Waals surface area contributed by atoms with E-state index in [4.69, 9.17) is 4.74 Å². The van der Waals surface area contributed by atoms with Crippen LogP contribution in [0.2, 0.25) is 0 Å². The van der Waals surface area contributed by atoms with E-state index in [-0.39, 0.29) is 24.1 Å². The van der Waals surface area contributed by atoms with E-state index >= 15 is 0 Å². The Labute approximate surface area is 173 Å². The summed E-state index contributed by atoms with van der Waals surface area (Å²) in [6, 6.07) is 4.82. The van der Waals surface area contributed by atoms with Crippen LogP contribution in [0, 0.1) is 5.92 Å². The first-order valence-electron chi connectivity index (χ1n) is 9.91. The number of carbonyl (C=O) groups is 5. The molecule has 4 amide bonds. The van der Waals surface area contributed by atoms with E-state index in [9.17, 15) is 24.0 Å². The summed E-state index contributed by atoms with van der Waals surface area (Å²) < 4.78 is 5.46. The molecule has 2 saturated heterocycles. The third-order valence-corrected chi connectivity index (χ3v) is 5.42. The molecule has 1 unspecified atom stereocenters. The summed E-state index contributed by atoms with van der Waals surface area (Å²) in [5.41, 5.74) is -0.516. The van der Waals surface area contributed by atoms with Gasteiger partial charge in [-0.1, -0.05) is 12.1 Å². The van der Waals surface area contributed by atoms with Crippen molar-refractivity contribution in [2.75, 3.05) is 13.1 Å². The van der Waals surface area contributed by atoms with Gasteiger partial charge in [0.1, 0.15) is 11.6 Å². The zero-order valence-corrected chi connectivity index (χ0v) is 17.1. The van der Waals surface area contributed by atoms with Crippen molar-refractivity contribution in [2.45, 2.75) is 45.3 Å². The van der Waals surface area contributed by atoms with Gasteiger partial charge in [0.25, 0.3) is 17.7 Å². The quantitative estimate of drug-likeness (QED) is 0.529. The van der Waals surface area contributed by atoms with E-state index in [1.807, 2.05) is 0 Å². The summed E-state index contributed by atoms with van der Waals surface area (Å²) >= 11 is 0. The number of hydrogen-bond acceptors (Lipinski definition) is 6. The van der Waals surface area contributed by atoms with E-state index in [0.29, 0.717) is 13.0 Å². The fourth-order valence-electron chi connectivity index (χ4n) is 4.17. The molecule has 4 rings (SSSR count). The molecular weight excluding hydrogens is 390 g/mol. The van der Waals surface area contributed by atoms with Crippen LogP contribution in [0.15, 0.2) is 24.3 Å². The second-order valence-electron chi connectivity index (χ2n) is 8.65. The van der Waals surface area contributed by atoms with Gasteiger partial charge < -0.3 is 4.74 Å². The standard InChI is InChI=1S/C21H23N3O6/c1-21(2,3)30-20(29)14-11-15(25)22-9-6-10-23(22)19(28)16(14)24-17(26)12-7-4-5-8-13(12)18(24)27/h4-5,7-8,14,16H,6,9-11H2,1-3H3/t14?,16-/m0/s1. The first-order valence-corrected chi connectivity index (χ1v) is 9.91. The van der Waals surface area contributed by atoms with Crippen molar-refractivity contribution in [3.8, 4) is 0 Å². The number of hydrazine groups is 1. The SMILES string of the molecule is CC(C)(C)OC(=O)C1CC(=O)N2CCCN2C(=O)[C@H]1N1C(=O)c2ccccc2C1=O. The Bertz CT molecular complexity index is 931. The maximum atomic E-state index is 13.5. The third-order valence-electron chi connectivity index (χ3n) is 5.42. The maximum absolute atomic E-state index is 13.5. The van der Waals surface area contributed by atoms with Gasteiger partial charge >= 0.3 is 5.97 Å². The minimum absolute atomic E-state index is 0.173. The summed E-state index contributed by atoms with van der Waals surface area (Å²) in [5.74, 6) is -4.39. The van der Waals surface area contributed by atoms with Gasteiger partial charge in [-0.15, -0.1) is 0 Å². The van der Waals surface area contributed by atoms with Gasteiger partial charge in [-0.25, -0.2) is 5.01 Å². The molecule has 0 N–H and O–H groups in total. The van der Waals surface area contributed by atoms with Crippen LogP contribution in [0.3, 0.4) is 0 Å². The van der Waals surface area contributed by atoms with Gasteiger partial charge in [-0.2, -0.15) is 0 Å². The Morgan fingerprint density at radius 1 is 0.967 bits per heavy atom. The second-order valence-corrected chi connectivity index (χ2v) is 8.65. The van der Waals surface area contributed by atoms with Crippen LogP contribution in [0.4, 0.5) is 0 Å². The summed E-state index contributed by atoms with van der Waals surface area (Å²) in [5, 5.41) is 2.55. The van der Waals surface area contributed by atoms with E-state index in [2.05, 4.69) is 0 Å². The average molecular weight is 413 g/mol. The van der Waals surface area contributed by atoms with Crippen LogP contribution in [0.5, 0.6) is 0 Å². The minimum atomic E-state index is -1.45. The molecule has 3 aliphatic heterocycles. The lowest BCUT2D eigenvalue weighted by molar-refractivity contribution is -0.164. The topological polar surface area (TPSA) is 104 Å². The van der Waals surface area contributed by atoms with Crippen molar-refractivity contribution >= 4 is 29.6 Å². The molecule has 0 aliphatic carbocycles. The molecule has 0 radical (unpaired) electrons. The molecule has 0 spiro atoms. The smallest absolute Gasteiger partial charge is 0.312 e. The fourth-order valence-corrected chi connectivity index (χ4v) is 4.17. The first kappa shape index (κ1) is 20.1. The van der Waals surface area contributed by atoms with Crippen LogP contribution in [-0.4, -0.2) is 69.2 Å². The number of esters is 1. The summed E-state index contributed by atoms with van der Waals surface area (Å²) in [7, 11) is 0. The number of amides is 4. The number of ether oxygens (including phenoxy) is 1. The number of fused-ring (bicyclic) bond motifs is 2. The highest BCUT2D eigenvalue weighted by Crippen LogP contribution is 2.34. The van der Waals surface area contributed by atoms with Gasteiger partial charge in [0.2, 0.25) is 5.91 Å². The molecule has 1 aromatic rings. The molecule has 0 aromatic heterocycles. The molecule has 1 aromatic carbocycles. The predicted octanol–water partition coefficient (Wildman–Crippen LogP) is 0.989. The normalized spacial score (nSPS) is 24.2. The molecule has 3 heterocycles. The Balaban J connectivity index is 1.79. The van der Waals surface area contributed by atoms with E-state index in [1.165, 1.54) is 22.2 Å². The lowest BCUT2D eigenvalue weighted by Gasteiger charge is -2.32. The van der Waals surface area contributed by atoms with E-state index in [1.54, 1.807) is 32.9 Å². The number of rotatable bonds is 2. The minimum Gasteiger partial charge on any atom is -0.460 e.